The van der Waals surface area contributed by atoms with Crippen LogP contribution in [0.2, 0.25) is 0 Å². The molecule has 5 N–H and O–H groups in total. The van der Waals surface area contributed by atoms with Gasteiger partial charge in [0.15, 0.2) is 0 Å². The fourth-order valence-corrected chi connectivity index (χ4v) is 2.38. The average Bonchev–Trinajstić information content (AvgIpc) is 3.45. The summed E-state index contributed by atoms with van der Waals surface area (Å²) in [5.41, 5.74) is 8.06. The van der Waals surface area contributed by atoms with Crippen molar-refractivity contribution in [2.75, 3.05) is 11.9 Å². The minimum atomic E-state index is -0.286. The topological polar surface area (TPSA) is 120 Å². The number of nitriles is 1. The Morgan fingerprint density at radius 1 is 1.27 bits per heavy atom. The zero-order valence-corrected chi connectivity index (χ0v) is 15.0. The van der Waals surface area contributed by atoms with E-state index in [0.29, 0.717) is 37.1 Å². The van der Waals surface area contributed by atoms with Crippen molar-refractivity contribution in [2.24, 2.45) is 5.73 Å². The molecule has 26 heavy (non-hydrogen) atoms. The van der Waals surface area contributed by atoms with Crippen LogP contribution in [0.4, 0.5) is 5.69 Å². The van der Waals surface area contributed by atoms with E-state index in [2.05, 4.69) is 22.0 Å². The van der Waals surface area contributed by atoms with Gasteiger partial charge in [0.1, 0.15) is 5.70 Å². The fraction of sp³-hybridized carbons (Fsp3) is 0.421. The minimum Gasteiger partial charge on any atom is -0.393 e. The summed E-state index contributed by atoms with van der Waals surface area (Å²) in [6, 6.07) is 9.26. The lowest BCUT2D eigenvalue weighted by molar-refractivity contribution is -0.117. The first-order valence-corrected chi connectivity index (χ1v) is 8.86. The molecule has 1 fully saturated rings. The van der Waals surface area contributed by atoms with E-state index in [-0.39, 0.29) is 23.6 Å². The monoisotopic (exact) mass is 355 g/mol. The standard InChI is InChI=1S/C19H25N5O2/c1-2-22-18(25)13-6-8-14(9-7-13)23-16(5-3-4-12-20)17(21)19(26)24-15-10-11-15/h6-9,15,23H,2-5,10-11,21H2,1H3,(H,22,25)(H,24,26)/b17-16-. The van der Waals surface area contributed by atoms with Crippen LogP contribution in [0.25, 0.3) is 0 Å². The number of rotatable bonds is 9. The van der Waals surface area contributed by atoms with Crippen LogP contribution in [-0.4, -0.2) is 24.4 Å². The number of nitrogens with two attached hydrogens (primary N) is 1. The lowest BCUT2D eigenvalue weighted by Crippen LogP contribution is -2.32. The molecule has 0 aliphatic heterocycles. The number of carbonyl (C=O) groups is 2. The number of amides is 2. The zero-order valence-electron chi connectivity index (χ0n) is 15.0. The van der Waals surface area contributed by atoms with Crippen LogP contribution in [0, 0.1) is 11.3 Å². The summed E-state index contributed by atoms with van der Waals surface area (Å²) in [6.07, 6.45) is 3.45. The molecule has 2 amide bonds. The van der Waals surface area contributed by atoms with Crippen molar-refractivity contribution in [1.29, 1.82) is 5.26 Å². The van der Waals surface area contributed by atoms with Crippen LogP contribution < -0.4 is 21.7 Å². The Bertz CT molecular complexity index is 714. The summed E-state index contributed by atoms with van der Waals surface area (Å²) < 4.78 is 0. The minimum absolute atomic E-state index is 0.132. The van der Waals surface area contributed by atoms with E-state index in [0.717, 1.165) is 18.5 Å². The van der Waals surface area contributed by atoms with Gasteiger partial charge in [-0.3, -0.25) is 9.59 Å². The smallest absolute Gasteiger partial charge is 0.269 e. The second kappa shape index (κ2) is 9.47. The highest BCUT2D eigenvalue weighted by atomic mass is 16.2. The maximum Gasteiger partial charge on any atom is 0.269 e. The third kappa shape index (κ3) is 5.81. The molecular weight excluding hydrogens is 330 g/mol. The molecule has 1 aromatic rings. The van der Waals surface area contributed by atoms with E-state index in [1.165, 1.54) is 0 Å². The van der Waals surface area contributed by atoms with Crippen molar-refractivity contribution in [3.05, 3.63) is 41.2 Å². The Morgan fingerprint density at radius 3 is 2.54 bits per heavy atom. The first-order valence-electron chi connectivity index (χ1n) is 8.86. The van der Waals surface area contributed by atoms with Crippen LogP contribution in [0.15, 0.2) is 35.7 Å². The predicted octanol–water partition coefficient (Wildman–Crippen LogP) is 1.99. The van der Waals surface area contributed by atoms with Crippen molar-refractivity contribution in [3.63, 3.8) is 0 Å². The molecule has 7 heteroatoms. The molecular formula is C19H25N5O2. The molecule has 0 saturated heterocycles. The number of unbranched alkanes of at least 4 members (excludes halogenated alkanes) is 1. The van der Waals surface area contributed by atoms with Gasteiger partial charge in [-0.15, -0.1) is 0 Å². The summed E-state index contributed by atoms with van der Waals surface area (Å²) in [5, 5.41) is 17.5. The summed E-state index contributed by atoms with van der Waals surface area (Å²) >= 11 is 0. The maximum atomic E-state index is 12.2. The fourth-order valence-electron chi connectivity index (χ4n) is 2.38. The van der Waals surface area contributed by atoms with E-state index in [1.54, 1.807) is 24.3 Å². The van der Waals surface area contributed by atoms with Gasteiger partial charge in [0, 0.05) is 36.0 Å². The summed E-state index contributed by atoms with van der Waals surface area (Å²) in [5.74, 6) is -0.418. The summed E-state index contributed by atoms with van der Waals surface area (Å²) in [4.78, 5) is 24.0. The lowest BCUT2D eigenvalue weighted by Gasteiger charge is -2.15. The van der Waals surface area contributed by atoms with Gasteiger partial charge in [0.2, 0.25) is 0 Å². The van der Waals surface area contributed by atoms with Gasteiger partial charge in [0.05, 0.1) is 6.07 Å². The van der Waals surface area contributed by atoms with Gasteiger partial charge in [-0.25, -0.2) is 0 Å². The number of nitrogens with zero attached hydrogens (tertiary/aromatic N) is 1. The van der Waals surface area contributed by atoms with Crippen LogP contribution in [0.1, 0.15) is 49.4 Å². The third-order valence-corrected chi connectivity index (χ3v) is 3.98. The van der Waals surface area contributed by atoms with Gasteiger partial charge in [-0.2, -0.15) is 5.26 Å². The maximum absolute atomic E-state index is 12.2. The highest BCUT2D eigenvalue weighted by Gasteiger charge is 2.25. The number of hydrogen-bond acceptors (Lipinski definition) is 5. The van der Waals surface area contributed by atoms with E-state index in [9.17, 15) is 9.59 Å². The number of hydrogen-bond donors (Lipinski definition) is 4. The Kier molecular flexibility index (Phi) is 7.03. The molecule has 138 valence electrons. The Hall–Kier alpha value is -3.01. The second-order valence-corrected chi connectivity index (χ2v) is 6.21. The summed E-state index contributed by atoms with van der Waals surface area (Å²) in [6.45, 7) is 2.43. The number of allylic oxidation sites excluding steroid dienone is 1. The summed E-state index contributed by atoms with van der Waals surface area (Å²) in [7, 11) is 0. The normalized spacial score (nSPS) is 14.0. The molecule has 0 bridgehead atoms. The molecule has 0 unspecified atom stereocenters. The van der Waals surface area contributed by atoms with Gasteiger partial charge in [-0.05, 0) is 56.9 Å². The first-order chi connectivity index (χ1) is 12.5. The molecule has 7 nitrogen and oxygen atoms in total. The lowest BCUT2D eigenvalue weighted by atomic mass is 10.1. The van der Waals surface area contributed by atoms with E-state index in [4.69, 9.17) is 11.0 Å². The molecule has 0 radical (unpaired) electrons. The van der Waals surface area contributed by atoms with Gasteiger partial charge < -0.3 is 21.7 Å². The predicted molar refractivity (Wildman–Crippen MR) is 99.9 cm³/mol. The highest BCUT2D eigenvalue weighted by Crippen LogP contribution is 2.20. The Labute approximate surface area is 153 Å². The van der Waals surface area contributed by atoms with E-state index >= 15 is 0 Å². The molecule has 1 aliphatic rings. The average molecular weight is 355 g/mol. The second-order valence-electron chi connectivity index (χ2n) is 6.21. The quantitative estimate of drug-likeness (QED) is 0.399. The molecule has 1 aromatic carbocycles. The van der Waals surface area contributed by atoms with Gasteiger partial charge in [-0.1, -0.05) is 0 Å². The number of benzene rings is 1. The van der Waals surface area contributed by atoms with Crippen LogP contribution in [-0.2, 0) is 4.79 Å². The van der Waals surface area contributed by atoms with Gasteiger partial charge >= 0.3 is 0 Å². The molecule has 1 saturated carbocycles. The van der Waals surface area contributed by atoms with Crippen molar-refractivity contribution in [3.8, 4) is 6.07 Å². The molecule has 0 spiro atoms. The largest absolute Gasteiger partial charge is 0.393 e. The van der Waals surface area contributed by atoms with E-state index < -0.39 is 0 Å². The van der Waals surface area contributed by atoms with Crippen LogP contribution >= 0.6 is 0 Å². The highest BCUT2D eigenvalue weighted by molar-refractivity contribution is 5.95. The Morgan fingerprint density at radius 2 is 1.96 bits per heavy atom. The SMILES string of the molecule is CCNC(=O)c1ccc(N/C(CCCC#N)=C(\N)C(=O)NC2CC2)cc1. The Balaban J connectivity index is 2.10. The van der Waals surface area contributed by atoms with Crippen molar-refractivity contribution in [2.45, 2.75) is 45.1 Å². The molecule has 2 rings (SSSR count). The van der Waals surface area contributed by atoms with Crippen molar-refractivity contribution >= 4 is 17.5 Å². The van der Waals surface area contributed by atoms with Crippen molar-refractivity contribution in [1.82, 2.24) is 10.6 Å². The number of carbonyl (C=O) groups excluding carboxylic acids is 2. The number of anilines is 1. The van der Waals surface area contributed by atoms with Crippen LogP contribution in [0.5, 0.6) is 0 Å². The van der Waals surface area contributed by atoms with Crippen molar-refractivity contribution < 1.29 is 9.59 Å². The zero-order chi connectivity index (χ0) is 18.9. The van der Waals surface area contributed by atoms with E-state index in [1.807, 2.05) is 6.92 Å². The van der Waals surface area contributed by atoms with Gasteiger partial charge in [0.25, 0.3) is 11.8 Å². The first kappa shape index (κ1) is 19.3. The third-order valence-electron chi connectivity index (χ3n) is 3.98. The molecule has 1 aliphatic carbocycles. The molecule has 0 atom stereocenters. The molecule has 0 aromatic heterocycles. The van der Waals surface area contributed by atoms with Crippen LogP contribution in [0.3, 0.4) is 0 Å². The molecule has 0 heterocycles. The number of nitrogens with one attached hydrogen (secondary N) is 3.